The molecule has 2 heterocycles. The van der Waals surface area contributed by atoms with Crippen LogP contribution in [-0.4, -0.2) is 38.4 Å². The Kier molecular flexibility index (Phi) is 4.23. The van der Waals surface area contributed by atoms with Crippen molar-refractivity contribution in [3.05, 3.63) is 33.1 Å². The monoisotopic (exact) mass is 291 g/mol. The van der Waals surface area contributed by atoms with Gasteiger partial charge in [0.05, 0.1) is 6.10 Å². The molecule has 1 fully saturated rings. The number of aliphatic hydroxyl groups is 1. The van der Waals surface area contributed by atoms with E-state index < -0.39 is 37.9 Å². The standard InChI is InChI=1S/C9H11N2O7P/c12-5-3-8(18-6(5)4-17-19(15)16)11-2-1-7(13)10-9(11)14/h1-2,5-6,8,12H,3-4H2,(H-,10,13,14,15,16)/p+1/t5-,6+,8+/m0/s1. The predicted molar refractivity (Wildman–Crippen MR) is 61.6 cm³/mol. The molecule has 1 aromatic heterocycles. The van der Waals surface area contributed by atoms with Crippen LogP contribution in [0.1, 0.15) is 12.6 Å². The Morgan fingerprint density at radius 1 is 1.58 bits per heavy atom. The van der Waals surface area contributed by atoms with Crippen LogP contribution in [0.4, 0.5) is 0 Å². The van der Waals surface area contributed by atoms with E-state index in [0.717, 1.165) is 10.6 Å². The zero-order valence-electron chi connectivity index (χ0n) is 9.63. The van der Waals surface area contributed by atoms with Crippen molar-refractivity contribution in [2.75, 3.05) is 6.61 Å². The molecular weight excluding hydrogens is 279 g/mol. The van der Waals surface area contributed by atoms with Crippen molar-refractivity contribution in [2.45, 2.75) is 24.9 Å². The largest absolute Gasteiger partial charge is 0.694 e. The molecule has 19 heavy (non-hydrogen) atoms. The van der Waals surface area contributed by atoms with Gasteiger partial charge in [0.1, 0.15) is 18.9 Å². The van der Waals surface area contributed by atoms with E-state index in [1.54, 1.807) is 0 Å². The summed E-state index contributed by atoms with van der Waals surface area (Å²) in [7, 11) is -2.77. The van der Waals surface area contributed by atoms with E-state index in [2.05, 4.69) is 9.51 Å². The number of aliphatic hydroxyl groups excluding tert-OH is 1. The normalized spacial score (nSPS) is 27.5. The van der Waals surface area contributed by atoms with Crippen molar-refractivity contribution in [1.29, 1.82) is 0 Å². The van der Waals surface area contributed by atoms with Gasteiger partial charge in [-0.25, -0.2) is 4.79 Å². The number of rotatable bonds is 4. The van der Waals surface area contributed by atoms with E-state index >= 15 is 0 Å². The third kappa shape index (κ3) is 3.34. The summed E-state index contributed by atoms with van der Waals surface area (Å²) in [6, 6.07) is 1.16. The lowest BCUT2D eigenvalue weighted by Gasteiger charge is -2.13. The first-order chi connectivity index (χ1) is 8.97. The van der Waals surface area contributed by atoms with Crippen molar-refractivity contribution in [2.24, 2.45) is 0 Å². The topological polar surface area (TPSA) is 131 Å². The minimum Gasteiger partial charge on any atom is -0.390 e. The van der Waals surface area contributed by atoms with Crippen LogP contribution in [0.25, 0.3) is 0 Å². The second-order valence-corrected chi connectivity index (χ2v) is 4.72. The molecule has 0 saturated carbocycles. The van der Waals surface area contributed by atoms with E-state index in [-0.39, 0.29) is 13.0 Å². The van der Waals surface area contributed by atoms with Crippen molar-refractivity contribution in [3.63, 3.8) is 0 Å². The van der Waals surface area contributed by atoms with Crippen molar-refractivity contribution >= 4 is 8.25 Å². The number of aromatic nitrogens is 2. The average Bonchev–Trinajstić information content (AvgIpc) is 2.67. The highest BCUT2D eigenvalue weighted by atomic mass is 31.1. The Morgan fingerprint density at radius 2 is 2.32 bits per heavy atom. The molecule has 1 unspecified atom stereocenters. The first kappa shape index (κ1) is 14.0. The van der Waals surface area contributed by atoms with Gasteiger partial charge in [0.2, 0.25) is 0 Å². The molecule has 0 radical (unpaired) electrons. The minimum absolute atomic E-state index is 0.113. The molecule has 3 N–H and O–H groups in total. The summed E-state index contributed by atoms with van der Waals surface area (Å²) in [5, 5.41) is 9.71. The van der Waals surface area contributed by atoms with Crippen LogP contribution in [0, 0.1) is 0 Å². The molecule has 1 aliphatic rings. The zero-order chi connectivity index (χ0) is 14.0. The highest BCUT2D eigenvalue weighted by Crippen LogP contribution is 2.29. The molecule has 4 atom stereocenters. The second-order valence-electron chi connectivity index (χ2n) is 3.98. The quantitative estimate of drug-likeness (QED) is 0.597. The Bertz CT molecular complexity index is 582. The average molecular weight is 291 g/mol. The Labute approximate surface area is 107 Å². The maximum Gasteiger partial charge on any atom is 0.694 e. The highest BCUT2D eigenvalue weighted by molar-refractivity contribution is 7.32. The number of aromatic amines is 1. The van der Waals surface area contributed by atoms with Gasteiger partial charge in [0.25, 0.3) is 5.56 Å². The molecule has 0 spiro atoms. The summed E-state index contributed by atoms with van der Waals surface area (Å²) < 4.78 is 21.3. The summed E-state index contributed by atoms with van der Waals surface area (Å²) in [6.45, 7) is -0.262. The van der Waals surface area contributed by atoms with E-state index in [4.69, 9.17) is 9.63 Å². The fourth-order valence-corrected chi connectivity index (χ4v) is 2.10. The Morgan fingerprint density at radius 3 is 2.95 bits per heavy atom. The number of nitrogens with zero attached hydrogens (tertiary/aromatic N) is 1. The summed E-state index contributed by atoms with van der Waals surface area (Å²) in [5.74, 6) is 0. The van der Waals surface area contributed by atoms with Crippen LogP contribution in [0.3, 0.4) is 0 Å². The third-order valence-electron chi connectivity index (χ3n) is 2.71. The zero-order valence-corrected chi connectivity index (χ0v) is 10.5. The van der Waals surface area contributed by atoms with Gasteiger partial charge in [-0.3, -0.25) is 14.3 Å². The number of hydrogen-bond donors (Lipinski definition) is 3. The highest BCUT2D eigenvalue weighted by Gasteiger charge is 2.37. The molecule has 0 bridgehead atoms. The van der Waals surface area contributed by atoms with Crippen LogP contribution < -0.4 is 11.2 Å². The molecular formula is C9H12N2O7P+. The van der Waals surface area contributed by atoms with Crippen molar-refractivity contribution in [1.82, 2.24) is 9.55 Å². The lowest BCUT2D eigenvalue weighted by molar-refractivity contribution is -0.0412. The smallest absolute Gasteiger partial charge is 0.390 e. The van der Waals surface area contributed by atoms with Crippen LogP contribution >= 0.6 is 8.25 Å². The molecule has 1 aromatic rings. The van der Waals surface area contributed by atoms with Crippen LogP contribution in [-0.2, 0) is 13.8 Å². The van der Waals surface area contributed by atoms with Gasteiger partial charge in [-0.05, 0) is 0 Å². The second kappa shape index (κ2) is 5.72. The predicted octanol–water partition coefficient (Wildman–Crippen LogP) is -1.15. The van der Waals surface area contributed by atoms with Gasteiger partial charge >= 0.3 is 13.9 Å². The molecule has 1 aliphatic heterocycles. The number of ether oxygens (including phenoxy) is 1. The summed E-state index contributed by atoms with van der Waals surface area (Å²) >= 11 is 0. The fourth-order valence-electron chi connectivity index (χ4n) is 1.83. The first-order valence-corrected chi connectivity index (χ1v) is 6.54. The van der Waals surface area contributed by atoms with Gasteiger partial charge < -0.3 is 9.84 Å². The molecule has 104 valence electrons. The van der Waals surface area contributed by atoms with Gasteiger partial charge in [0, 0.05) is 23.2 Å². The SMILES string of the molecule is O=c1ccn([C@H]2C[C@H](O)[C@@H](CO[P+](=O)O)O2)c(=O)[nH]1. The van der Waals surface area contributed by atoms with E-state index in [9.17, 15) is 19.3 Å². The van der Waals surface area contributed by atoms with Gasteiger partial charge in [-0.15, -0.1) is 9.42 Å². The van der Waals surface area contributed by atoms with Crippen LogP contribution in [0.15, 0.2) is 21.9 Å². The van der Waals surface area contributed by atoms with E-state index in [1.807, 2.05) is 0 Å². The van der Waals surface area contributed by atoms with Gasteiger partial charge in [0.15, 0.2) is 0 Å². The fraction of sp³-hybridized carbons (Fsp3) is 0.556. The summed E-state index contributed by atoms with van der Waals surface area (Å²) in [4.78, 5) is 33.0. The van der Waals surface area contributed by atoms with Gasteiger partial charge in [-0.1, -0.05) is 0 Å². The summed E-state index contributed by atoms with van der Waals surface area (Å²) in [5.41, 5.74) is -1.18. The van der Waals surface area contributed by atoms with E-state index in [1.165, 1.54) is 6.20 Å². The summed E-state index contributed by atoms with van der Waals surface area (Å²) in [6.07, 6.45) is -1.13. The lowest BCUT2D eigenvalue weighted by Crippen LogP contribution is -2.31. The molecule has 0 amide bonds. The molecule has 10 heteroatoms. The minimum atomic E-state index is -2.77. The number of hydrogen-bond acceptors (Lipinski definition) is 6. The van der Waals surface area contributed by atoms with Crippen LogP contribution in [0.2, 0.25) is 0 Å². The molecule has 9 nitrogen and oxygen atoms in total. The first-order valence-electron chi connectivity index (χ1n) is 5.41. The molecule has 1 saturated heterocycles. The number of nitrogens with one attached hydrogen (secondary N) is 1. The maximum absolute atomic E-state index is 11.5. The Balaban J connectivity index is 2.09. The van der Waals surface area contributed by atoms with Crippen molar-refractivity contribution in [3.8, 4) is 0 Å². The number of H-pyrrole nitrogens is 1. The van der Waals surface area contributed by atoms with E-state index in [0.29, 0.717) is 0 Å². The van der Waals surface area contributed by atoms with Crippen molar-refractivity contribution < 1.29 is 23.8 Å². The van der Waals surface area contributed by atoms with Gasteiger partial charge in [-0.2, -0.15) is 0 Å². The lowest BCUT2D eigenvalue weighted by atomic mass is 10.2. The molecule has 0 aliphatic carbocycles. The molecule has 0 aromatic carbocycles. The Hall–Kier alpha value is -1.38. The maximum atomic E-state index is 11.5. The van der Waals surface area contributed by atoms with Crippen LogP contribution in [0.5, 0.6) is 0 Å². The third-order valence-corrected chi connectivity index (χ3v) is 3.08. The molecule has 2 rings (SSSR count).